The number of carbonyl (C=O) groups excluding carboxylic acids is 2. The van der Waals surface area contributed by atoms with Crippen LogP contribution in [0.5, 0.6) is 5.88 Å². The summed E-state index contributed by atoms with van der Waals surface area (Å²) in [7, 11) is 0. The molecule has 1 unspecified atom stereocenters. The second kappa shape index (κ2) is 6.74. The van der Waals surface area contributed by atoms with Crippen molar-refractivity contribution in [3.63, 3.8) is 0 Å². The van der Waals surface area contributed by atoms with E-state index < -0.39 is 55.8 Å². The zero-order chi connectivity index (χ0) is 21.0. The smallest absolute Gasteiger partial charge is 0.282 e. The van der Waals surface area contributed by atoms with Crippen LogP contribution in [-0.2, 0) is 4.79 Å². The SMILES string of the molecule is NC(=O)C1CC(F)(F)CN1C(=O)c1ccc(N2CC(F)(F)C2)c(OCC2CC2)n1. The molecule has 2 N–H and O–H groups in total. The summed E-state index contributed by atoms with van der Waals surface area (Å²) >= 11 is 0. The number of nitrogens with zero attached hydrogens (tertiary/aromatic N) is 3. The van der Waals surface area contributed by atoms with Crippen molar-refractivity contribution in [1.82, 2.24) is 9.88 Å². The lowest BCUT2D eigenvalue weighted by atomic mass is 10.1. The fraction of sp³-hybridized carbons (Fsp3) is 0.611. The molecule has 0 aromatic carbocycles. The van der Waals surface area contributed by atoms with E-state index in [0.717, 1.165) is 12.8 Å². The van der Waals surface area contributed by atoms with Crippen molar-refractivity contribution in [2.45, 2.75) is 37.1 Å². The Labute approximate surface area is 163 Å². The summed E-state index contributed by atoms with van der Waals surface area (Å²) in [6, 6.07) is 1.22. The zero-order valence-electron chi connectivity index (χ0n) is 15.4. The van der Waals surface area contributed by atoms with Crippen molar-refractivity contribution >= 4 is 17.5 Å². The van der Waals surface area contributed by atoms with Gasteiger partial charge in [-0.2, -0.15) is 0 Å². The third-order valence-corrected chi connectivity index (χ3v) is 5.26. The second-order valence-corrected chi connectivity index (χ2v) is 7.90. The van der Waals surface area contributed by atoms with Crippen molar-refractivity contribution in [2.24, 2.45) is 11.7 Å². The molecule has 1 aromatic rings. The number of alkyl halides is 4. The maximum Gasteiger partial charge on any atom is 0.282 e. The number of rotatable bonds is 6. The number of nitrogens with two attached hydrogens (primary N) is 1. The number of carbonyl (C=O) groups is 2. The largest absolute Gasteiger partial charge is 0.476 e. The summed E-state index contributed by atoms with van der Waals surface area (Å²) in [5, 5.41) is 0. The highest BCUT2D eigenvalue weighted by Crippen LogP contribution is 2.39. The Morgan fingerprint density at radius 3 is 2.41 bits per heavy atom. The second-order valence-electron chi connectivity index (χ2n) is 7.90. The maximum absolute atomic E-state index is 13.7. The standard InChI is InChI=1S/C18H20F4N4O3/c19-17(20)5-13(14(23)27)26(9-17)16(28)11-3-4-12(25-7-18(21,22)8-25)15(24-11)29-6-10-1-2-10/h3-4,10,13H,1-2,5-9H2,(H2,23,27). The molecule has 1 aromatic heterocycles. The number of amides is 2. The Morgan fingerprint density at radius 1 is 1.14 bits per heavy atom. The number of primary amides is 1. The van der Waals surface area contributed by atoms with Gasteiger partial charge in [-0.3, -0.25) is 9.59 Å². The third-order valence-electron chi connectivity index (χ3n) is 5.26. The van der Waals surface area contributed by atoms with E-state index in [-0.39, 0.29) is 11.6 Å². The van der Waals surface area contributed by atoms with Gasteiger partial charge in [0.05, 0.1) is 26.2 Å². The molecule has 11 heteroatoms. The van der Waals surface area contributed by atoms with Gasteiger partial charge >= 0.3 is 0 Å². The summed E-state index contributed by atoms with van der Waals surface area (Å²) < 4.78 is 59.7. The van der Waals surface area contributed by atoms with Gasteiger partial charge in [0.15, 0.2) is 0 Å². The molecule has 2 amide bonds. The molecule has 0 radical (unpaired) electrons. The number of likely N-dealkylation sites (tertiary alicyclic amines) is 1. The van der Waals surface area contributed by atoms with Gasteiger partial charge in [-0.1, -0.05) is 0 Å². The van der Waals surface area contributed by atoms with E-state index in [0.29, 0.717) is 23.1 Å². The number of halogens is 4. The van der Waals surface area contributed by atoms with Gasteiger partial charge in [0.1, 0.15) is 17.4 Å². The topological polar surface area (TPSA) is 88.8 Å². The predicted octanol–water partition coefficient (Wildman–Crippen LogP) is 1.66. The van der Waals surface area contributed by atoms with Crippen LogP contribution >= 0.6 is 0 Å². The maximum atomic E-state index is 13.7. The van der Waals surface area contributed by atoms with Gasteiger partial charge in [-0.05, 0) is 30.9 Å². The van der Waals surface area contributed by atoms with Gasteiger partial charge in [0, 0.05) is 6.42 Å². The summed E-state index contributed by atoms with van der Waals surface area (Å²) in [6.45, 7) is -1.61. The predicted molar refractivity (Wildman–Crippen MR) is 93.2 cm³/mol. The molecule has 158 valence electrons. The van der Waals surface area contributed by atoms with E-state index in [1.54, 1.807) is 0 Å². The molecule has 1 saturated carbocycles. The van der Waals surface area contributed by atoms with Crippen molar-refractivity contribution < 1.29 is 31.9 Å². The highest BCUT2D eigenvalue weighted by atomic mass is 19.3. The molecule has 3 fully saturated rings. The first-order valence-electron chi connectivity index (χ1n) is 9.29. The minimum atomic E-state index is -3.23. The van der Waals surface area contributed by atoms with Crippen LogP contribution in [0.4, 0.5) is 23.2 Å². The van der Waals surface area contributed by atoms with Crippen LogP contribution in [0.25, 0.3) is 0 Å². The van der Waals surface area contributed by atoms with E-state index in [1.807, 2.05) is 0 Å². The Kier molecular flexibility index (Phi) is 4.58. The van der Waals surface area contributed by atoms with Crippen LogP contribution in [0.15, 0.2) is 12.1 Å². The number of hydrogen-bond donors (Lipinski definition) is 1. The van der Waals surface area contributed by atoms with Gasteiger partial charge in [0.25, 0.3) is 17.8 Å². The minimum Gasteiger partial charge on any atom is -0.476 e. The van der Waals surface area contributed by atoms with Crippen molar-refractivity contribution in [1.29, 1.82) is 0 Å². The van der Waals surface area contributed by atoms with Gasteiger partial charge in [-0.15, -0.1) is 0 Å². The van der Waals surface area contributed by atoms with E-state index in [1.165, 1.54) is 17.0 Å². The molecule has 7 nitrogen and oxygen atoms in total. The lowest BCUT2D eigenvalue weighted by molar-refractivity contribution is -0.121. The summed E-state index contributed by atoms with van der Waals surface area (Å²) in [5.41, 5.74) is 5.27. The summed E-state index contributed by atoms with van der Waals surface area (Å²) in [5.74, 6) is -7.61. The van der Waals surface area contributed by atoms with Crippen molar-refractivity contribution in [2.75, 3.05) is 31.1 Å². The number of pyridine rings is 1. The Balaban J connectivity index is 1.58. The Morgan fingerprint density at radius 2 is 1.83 bits per heavy atom. The average molecular weight is 416 g/mol. The Hall–Kier alpha value is -2.59. The molecule has 3 aliphatic rings. The molecule has 2 saturated heterocycles. The fourth-order valence-electron chi connectivity index (χ4n) is 3.49. The van der Waals surface area contributed by atoms with Crippen molar-refractivity contribution in [3.8, 4) is 5.88 Å². The molecular weight excluding hydrogens is 396 g/mol. The quantitative estimate of drug-likeness (QED) is 0.713. The molecule has 3 heterocycles. The molecule has 0 spiro atoms. The van der Waals surface area contributed by atoms with Gasteiger partial charge in [0.2, 0.25) is 11.8 Å². The minimum absolute atomic E-state index is 0.000155. The molecule has 1 atom stereocenters. The fourth-order valence-corrected chi connectivity index (χ4v) is 3.49. The number of anilines is 1. The molecular formula is C18H20F4N4O3. The zero-order valence-corrected chi connectivity index (χ0v) is 15.4. The van der Waals surface area contributed by atoms with Crippen LogP contribution in [-0.4, -0.2) is 65.8 Å². The summed E-state index contributed by atoms with van der Waals surface area (Å²) in [4.78, 5) is 30.5. The van der Waals surface area contributed by atoms with Crippen molar-refractivity contribution in [3.05, 3.63) is 17.8 Å². The monoisotopic (exact) mass is 416 g/mol. The third kappa shape index (κ3) is 4.08. The van der Waals surface area contributed by atoms with E-state index in [2.05, 4.69) is 4.98 Å². The van der Waals surface area contributed by atoms with E-state index in [4.69, 9.17) is 10.5 Å². The highest BCUT2D eigenvalue weighted by Gasteiger charge is 2.50. The first kappa shape index (κ1) is 19.7. The van der Waals surface area contributed by atoms with E-state index in [9.17, 15) is 27.2 Å². The van der Waals surface area contributed by atoms with Gasteiger partial charge < -0.3 is 20.3 Å². The lowest BCUT2D eigenvalue weighted by Crippen LogP contribution is -2.56. The van der Waals surface area contributed by atoms with Crippen LogP contribution < -0.4 is 15.4 Å². The van der Waals surface area contributed by atoms with Crippen LogP contribution in [0.2, 0.25) is 0 Å². The molecule has 4 rings (SSSR count). The Bertz CT molecular complexity index is 838. The summed E-state index contributed by atoms with van der Waals surface area (Å²) in [6.07, 6.45) is 1.12. The van der Waals surface area contributed by atoms with Crippen LogP contribution in [0, 0.1) is 5.92 Å². The molecule has 2 aliphatic heterocycles. The van der Waals surface area contributed by atoms with Crippen LogP contribution in [0.3, 0.4) is 0 Å². The number of hydrogen-bond acceptors (Lipinski definition) is 5. The molecule has 1 aliphatic carbocycles. The molecule has 0 bridgehead atoms. The molecule has 29 heavy (non-hydrogen) atoms. The normalized spacial score (nSPS) is 24.9. The van der Waals surface area contributed by atoms with E-state index >= 15 is 0 Å². The lowest BCUT2D eigenvalue weighted by Gasteiger charge is -2.40. The first-order valence-corrected chi connectivity index (χ1v) is 9.29. The average Bonchev–Trinajstić information content (AvgIpc) is 3.38. The van der Waals surface area contributed by atoms with Crippen LogP contribution in [0.1, 0.15) is 29.8 Å². The van der Waals surface area contributed by atoms with Gasteiger partial charge in [-0.25, -0.2) is 22.5 Å². The number of ether oxygens (including phenoxy) is 1. The number of aromatic nitrogens is 1. The highest BCUT2D eigenvalue weighted by molar-refractivity contribution is 5.97. The first-order chi connectivity index (χ1) is 13.5.